The summed E-state index contributed by atoms with van der Waals surface area (Å²) in [5.41, 5.74) is -0.172. The largest absolute Gasteiger partial charge is 0.462 e. The van der Waals surface area contributed by atoms with E-state index in [9.17, 15) is 35.5 Å². The fourth-order valence-electron chi connectivity index (χ4n) is 1.56. The first kappa shape index (κ1) is 21.7. The summed E-state index contributed by atoms with van der Waals surface area (Å²) < 4.78 is 98.0. The summed E-state index contributed by atoms with van der Waals surface area (Å²) in [6.45, 7) is 4.60. The van der Waals surface area contributed by atoms with Crippen LogP contribution >= 0.6 is 0 Å². The van der Waals surface area contributed by atoms with Crippen molar-refractivity contribution in [2.24, 2.45) is 0 Å². The Morgan fingerprint density at radius 2 is 1.70 bits per heavy atom. The lowest BCUT2D eigenvalue weighted by atomic mass is 9.95. The summed E-state index contributed by atoms with van der Waals surface area (Å²) >= 11 is 0. The van der Waals surface area contributed by atoms with Crippen LogP contribution in [0.5, 0.6) is 0 Å². The average Bonchev–Trinajstić information content (AvgIpc) is 2.43. The molecule has 9 heteroatoms. The van der Waals surface area contributed by atoms with Gasteiger partial charge >= 0.3 is 23.7 Å². The molecule has 1 atom stereocenters. The molecule has 0 saturated heterocycles. The molecule has 0 aromatic heterocycles. The van der Waals surface area contributed by atoms with E-state index < -0.39 is 49.4 Å². The molecule has 0 aliphatic heterocycles. The second-order valence-electron chi connectivity index (χ2n) is 5.18. The van der Waals surface area contributed by atoms with Crippen molar-refractivity contribution in [3.63, 3.8) is 0 Å². The molecule has 2 nitrogen and oxygen atoms in total. The Labute approximate surface area is 129 Å². The topological polar surface area (TPSA) is 26.3 Å². The highest BCUT2D eigenvalue weighted by molar-refractivity contribution is 5.86. The van der Waals surface area contributed by atoms with Crippen molar-refractivity contribution < 1.29 is 40.3 Å². The lowest BCUT2D eigenvalue weighted by molar-refractivity contribution is -0.327. The van der Waals surface area contributed by atoms with Crippen LogP contribution in [-0.2, 0) is 9.53 Å². The number of ether oxygens (including phenoxy) is 1. The fourth-order valence-corrected chi connectivity index (χ4v) is 1.56. The van der Waals surface area contributed by atoms with Crippen LogP contribution in [-0.4, -0.2) is 36.5 Å². The predicted octanol–water partition coefficient (Wildman–Crippen LogP) is 4.93. The highest BCUT2D eigenvalue weighted by Gasteiger charge is 2.73. The number of carbonyl (C=O) groups excluding carboxylic acids is 1. The minimum atomic E-state index is -5.91. The molecule has 0 aliphatic rings. The van der Waals surface area contributed by atoms with Crippen molar-refractivity contribution in [2.75, 3.05) is 6.61 Å². The molecule has 0 amide bonds. The molecule has 0 N–H and O–H groups in total. The molecule has 0 aliphatic carbocycles. The number of hydrogen-bond donors (Lipinski definition) is 0. The normalized spacial score (nSPS) is 14.5. The second-order valence-corrected chi connectivity index (χ2v) is 5.18. The third kappa shape index (κ3) is 5.10. The average molecular weight is 352 g/mol. The van der Waals surface area contributed by atoms with Crippen LogP contribution in [0.3, 0.4) is 0 Å². The van der Waals surface area contributed by atoms with Gasteiger partial charge in [0.05, 0.1) is 13.0 Å². The van der Waals surface area contributed by atoms with E-state index in [-0.39, 0.29) is 18.4 Å². The van der Waals surface area contributed by atoms with Crippen LogP contribution in [0.4, 0.5) is 30.7 Å². The van der Waals surface area contributed by atoms with Gasteiger partial charge in [-0.2, -0.15) is 26.3 Å². The zero-order valence-electron chi connectivity index (χ0n) is 12.8. The van der Waals surface area contributed by atoms with Gasteiger partial charge in [-0.15, -0.1) is 0 Å². The molecule has 0 heterocycles. The molecule has 0 radical (unpaired) electrons. The molecular weight excluding hydrogens is 333 g/mol. The van der Waals surface area contributed by atoms with Crippen LogP contribution in [0.2, 0.25) is 0 Å². The SMILES string of the molecule is C=C(C)C(=O)OCCC(F)(F)C(F)(F)C(F)(F)C(F)CCCC. The van der Waals surface area contributed by atoms with E-state index in [1.54, 1.807) is 0 Å². The van der Waals surface area contributed by atoms with Gasteiger partial charge in [0, 0.05) is 5.57 Å². The maximum atomic E-state index is 13.4. The fraction of sp³-hybridized carbons (Fsp3) is 0.786. The molecular formula is C14H19F7O2. The Bertz CT molecular complexity index is 421. The van der Waals surface area contributed by atoms with Gasteiger partial charge in [-0.1, -0.05) is 26.3 Å². The van der Waals surface area contributed by atoms with Gasteiger partial charge < -0.3 is 4.74 Å². The molecule has 0 aromatic rings. The molecule has 136 valence electrons. The van der Waals surface area contributed by atoms with Gasteiger partial charge in [0.2, 0.25) is 0 Å². The Balaban J connectivity index is 4.98. The van der Waals surface area contributed by atoms with Crippen LogP contribution in [0, 0.1) is 0 Å². The zero-order valence-corrected chi connectivity index (χ0v) is 12.8. The molecule has 0 saturated carbocycles. The van der Waals surface area contributed by atoms with Crippen molar-refractivity contribution in [1.29, 1.82) is 0 Å². The summed E-state index contributed by atoms with van der Waals surface area (Å²) in [5.74, 6) is -17.8. The molecule has 0 spiro atoms. The molecule has 0 rings (SSSR count). The summed E-state index contributed by atoms with van der Waals surface area (Å²) in [7, 11) is 0. The predicted molar refractivity (Wildman–Crippen MR) is 69.7 cm³/mol. The number of rotatable bonds is 10. The minimum Gasteiger partial charge on any atom is -0.462 e. The smallest absolute Gasteiger partial charge is 0.375 e. The molecule has 0 fully saturated rings. The summed E-state index contributed by atoms with van der Waals surface area (Å²) in [6.07, 6.45) is -6.12. The van der Waals surface area contributed by atoms with E-state index in [1.807, 2.05) is 0 Å². The molecule has 23 heavy (non-hydrogen) atoms. The molecule has 0 aromatic carbocycles. The van der Waals surface area contributed by atoms with E-state index >= 15 is 0 Å². The van der Waals surface area contributed by atoms with E-state index in [0.29, 0.717) is 0 Å². The Hall–Kier alpha value is -1.28. The second kappa shape index (κ2) is 8.01. The number of alkyl halides is 7. The van der Waals surface area contributed by atoms with E-state index in [1.165, 1.54) is 13.8 Å². The summed E-state index contributed by atoms with van der Waals surface area (Å²) in [6, 6.07) is 0. The zero-order chi connectivity index (χ0) is 18.5. The van der Waals surface area contributed by atoms with Crippen LogP contribution in [0.25, 0.3) is 0 Å². The summed E-state index contributed by atoms with van der Waals surface area (Å²) in [5, 5.41) is 0. The van der Waals surface area contributed by atoms with Crippen LogP contribution in [0.1, 0.15) is 39.5 Å². The lowest BCUT2D eigenvalue weighted by Gasteiger charge is -2.34. The number of unbranched alkanes of at least 4 members (excludes halogenated alkanes) is 1. The first-order chi connectivity index (χ1) is 10.3. The number of esters is 1. The van der Waals surface area contributed by atoms with Gasteiger partial charge in [-0.05, 0) is 13.3 Å². The van der Waals surface area contributed by atoms with Gasteiger partial charge in [-0.25, -0.2) is 9.18 Å². The number of carbonyl (C=O) groups is 1. The number of hydrogen-bond acceptors (Lipinski definition) is 2. The standard InChI is InChI=1S/C14H19F7O2/c1-4-5-6-10(15)13(18,19)14(20,21)12(16,17)7-8-23-11(22)9(2)3/h10H,2,4-8H2,1,3H3. The van der Waals surface area contributed by atoms with Crippen molar-refractivity contribution in [2.45, 2.75) is 63.5 Å². The first-order valence-electron chi connectivity index (χ1n) is 6.91. The van der Waals surface area contributed by atoms with Crippen molar-refractivity contribution in [1.82, 2.24) is 0 Å². The van der Waals surface area contributed by atoms with Gasteiger partial charge in [0.1, 0.15) is 0 Å². The van der Waals surface area contributed by atoms with Crippen molar-refractivity contribution >= 4 is 5.97 Å². The van der Waals surface area contributed by atoms with Gasteiger partial charge in [0.25, 0.3) is 0 Å². The quantitative estimate of drug-likeness (QED) is 0.317. The van der Waals surface area contributed by atoms with E-state index in [2.05, 4.69) is 11.3 Å². The van der Waals surface area contributed by atoms with E-state index in [0.717, 1.165) is 0 Å². The van der Waals surface area contributed by atoms with Crippen LogP contribution < -0.4 is 0 Å². The lowest BCUT2D eigenvalue weighted by Crippen LogP contribution is -2.58. The van der Waals surface area contributed by atoms with E-state index in [4.69, 9.17) is 0 Å². The minimum absolute atomic E-state index is 0.144. The van der Waals surface area contributed by atoms with Crippen molar-refractivity contribution in [3.05, 3.63) is 12.2 Å². The summed E-state index contributed by atoms with van der Waals surface area (Å²) in [4.78, 5) is 10.9. The number of halogens is 7. The highest BCUT2D eigenvalue weighted by atomic mass is 19.3. The third-order valence-corrected chi connectivity index (χ3v) is 3.08. The maximum absolute atomic E-state index is 13.4. The Kier molecular flexibility index (Phi) is 7.56. The highest BCUT2D eigenvalue weighted by Crippen LogP contribution is 2.50. The molecule has 1 unspecified atom stereocenters. The monoisotopic (exact) mass is 352 g/mol. The van der Waals surface area contributed by atoms with Crippen molar-refractivity contribution in [3.8, 4) is 0 Å². The Morgan fingerprint density at radius 1 is 1.17 bits per heavy atom. The first-order valence-corrected chi connectivity index (χ1v) is 6.91. The Morgan fingerprint density at radius 3 is 2.13 bits per heavy atom. The van der Waals surface area contributed by atoms with Gasteiger partial charge in [-0.3, -0.25) is 0 Å². The van der Waals surface area contributed by atoms with Gasteiger partial charge in [0.15, 0.2) is 6.17 Å². The maximum Gasteiger partial charge on any atom is 0.375 e. The van der Waals surface area contributed by atoms with Crippen LogP contribution in [0.15, 0.2) is 12.2 Å². The third-order valence-electron chi connectivity index (χ3n) is 3.08. The molecule has 0 bridgehead atoms.